The Balaban J connectivity index is 1.30. The number of aryl methyl sites for hydroxylation is 1. The number of carbonyl (C=O) groups is 2. The first-order valence-corrected chi connectivity index (χ1v) is 15.2. The second-order valence-corrected chi connectivity index (χ2v) is 12.0. The number of piperazine rings is 1. The lowest BCUT2D eigenvalue weighted by molar-refractivity contribution is -0.132. The van der Waals surface area contributed by atoms with Gasteiger partial charge in [-0.05, 0) is 66.1 Å². The predicted octanol–water partition coefficient (Wildman–Crippen LogP) is 6.05. The number of rotatable bonds is 10. The zero-order valence-electron chi connectivity index (χ0n) is 24.1. The molecule has 3 aromatic carbocycles. The van der Waals surface area contributed by atoms with E-state index in [1.807, 2.05) is 35.0 Å². The van der Waals surface area contributed by atoms with E-state index in [1.54, 1.807) is 25.1 Å². The molecule has 0 saturated carbocycles. The predicted molar refractivity (Wildman–Crippen MR) is 169 cm³/mol. The van der Waals surface area contributed by atoms with Crippen molar-refractivity contribution in [3.05, 3.63) is 105 Å². The van der Waals surface area contributed by atoms with Crippen LogP contribution in [0.15, 0.2) is 78.4 Å². The maximum absolute atomic E-state index is 14.0. The van der Waals surface area contributed by atoms with Crippen LogP contribution in [0.3, 0.4) is 0 Å². The highest BCUT2D eigenvalue weighted by Crippen LogP contribution is 2.34. The first-order valence-electron chi connectivity index (χ1n) is 14.5. The quantitative estimate of drug-likeness (QED) is 0.286. The third-order valence-corrected chi connectivity index (χ3v) is 8.60. The molecule has 2 heterocycles. The Morgan fingerprint density at radius 3 is 2.43 bits per heavy atom. The van der Waals surface area contributed by atoms with E-state index in [9.17, 15) is 9.59 Å². The first-order chi connectivity index (χ1) is 20.3. The summed E-state index contributed by atoms with van der Waals surface area (Å²) in [6, 6.07) is 23.9. The van der Waals surface area contributed by atoms with Crippen LogP contribution in [-0.2, 0) is 22.4 Å². The fourth-order valence-corrected chi connectivity index (χ4v) is 6.26. The summed E-state index contributed by atoms with van der Waals surface area (Å²) >= 11 is 12.2. The van der Waals surface area contributed by atoms with E-state index >= 15 is 0 Å². The molecule has 5 rings (SSSR count). The topological polar surface area (TPSA) is 61.9 Å². The Labute approximate surface area is 258 Å². The summed E-state index contributed by atoms with van der Waals surface area (Å²) < 4.78 is 5.84. The highest BCUT2D eigenvalue weighted by molar-refractivity contribution is 6.35. The van der Waals surface area contributed by atoms with Gasteiger partial charge in [-0.3, -0.25) is 9.59 Å². The molecule has 2 amide bonds. The standard InChI is InChI=1S/C34H37Cl2N3O3/c1-23(40)39-21-28-20-29(33(31(22-39)37-28)34(41)38(2)17-16-24-7-4-3-5-8-24)26-12-10-25(11-13-26)9-6-18-42-32-15-14-27(35)19-30(32)36/h3-5,7-8,10-15,19,28,31,37H,6,9,16-18,20-22H2,1-2H3/t28-,31-/m1/s1. The summed E-state index contributed by atoms with van der Waals surface area (Å²) in [5, 5.41) is 4.73. The Morgan fingerprint density at radius 1 is 0.976 bits per heavy atom. The number of ether oxygens (including phenoxy) is 1. The smallest absolute Gasteiger partial charge is 0.251 e. The summed E-state index contributed by atoms with van der Waals surface area (Å²) in [6.07, 6.45) is 3.18. The maximum Gasteiger partial charge on any atom is 0.251 e. The van der Waals surface area contributed by atoms with Gasteiger partial charge in [0.1, 0.15) is 5.75 Å². The van der Waals surface area contributed by atoms with Gasteiger partial charge < -0.3 is 19.9 Å². The molecule has 2 bridgehead atoms. The molecule has 8 heteroatoms. The average molecular weight is 607 g/mol. The van der Waals surface area contributed by atoms with E-state index in [2.05, 4.69) is 41.7 Å². The van der Waals surface area contributed by atoms with E-state index in [-0.39, 0.29) is 23.9 Å². The fraction of sp³-hybridized carbons (Fsp3) is 0.353. The largest absolute Gasteiger partial charge is 0.492 e. The van der Waals surface area contributed by atoms with Crippen molar-refractivity contribution >= 4 is 40.6 Å². The van der Waals surface area contributed by atoms with Crippen molar-refractivity contribution in [3.63, 3.8) is 0 Å². The first kappa shape index (κ1) is 30.1. The third kappa shape index (κ3) is 7.35. The summed E-state index contributed by atoms with van der Waals surface area (Å²) in [6.45, 7) is 3.92. The summed E-state index contributed by atoms with van der Waals surface area (Å²) in [7, 11) is 1.87. The molecule has 0 aromatic heterocycles. The van der Waals surface area contributed by atoms with Gasteiger partial charge in [0.05, 0.1) is 17.7 Å². The molecule has 1 saturated heterocycles. The van der Waals surface area contributed by atoms with Crippen molar-refractivity contribution in [1.29, 1.82) is 0 Å². The molecular formula is C34H37Cl2N3O3. The molecule has 2 aliphatic rings. The third-order valence-electron chi connectivity index (χ3n) is 8.07. The van der Waals surface area contributed by atoms with Gasteiger partial charge in [0.15, 0.2) is 0 Å². The zero-order valence-corrected chi connectivity index (χ0v) is 25.6. The van der Waals surface area contributed by atoms with Gasteiger partial charge >= 0.3 is 0 Å². The summed E-state index contributed by atoms with van der Waals surface area (Å²) in [4.78, 5) is 29.9. The van der Waals surface area contributed by atoms with E-state index in [0.29, 0.717) is 48.5 Å². The summed E-state index contributed by atoms with van der Waals surface area (Å²) in [5.74, 6) is 0.698. The number of nitrogens with one attached hydrogen (secondary N) is 1. The Hall–Kier alpha value is -3.32. The minimum absolute atomic E-state index is 0.0179. The second kappa shape index (κ2) is 13.8. The van der Waals surface area contributed by atoms with Crippen LogP contribution in [0, 0.1) is 0 Å². The minimum Gasteiger partial charge on any atom is -0.492 e. The number of likely N-dealkylation sites (N-methyl/N-ethyl adjacent to an activating group) is 1. The number of halogens is 2. The number of benzene rings is 3. The zero-order chi connectivity index (χ0) is 29.6. The molecule has 0 aliphatic carbocycles. The fourth-order valence-electron chi connectivity index (χ4n) is 5.80. The van der Waals surface area contributed by atoms with E-state index in [4.69, 9.17) is 27.9 Å². The van der Waals surface area contributed by atoms with Gasteiger partial charge in [-0.1, -0.05) is 77.8 Å². The minimum atomic E-state index is -0.195. The van der Waals surface area contributed by atoms with Gasteiger partial charge in [-0.15, -0.1) is 0 Å². The van der Waals surface area contributed by atoms with Crippen LogP contribution in [0.2, 0.25) is 10.0 Å². The van der Waals surface area contributed by atoms with Crippen LogP contribution >= 0.6 is 23.2 Å². The second-order valence-electron chi connectivity index (χ2n) is 11.1. The van der Waals surface area contributed by atoms with E-state index in [0.717, 1.165) is 36.0 Å². The highest BCUT2D eigenvalue weighted by Gasteiger charge is 2.39. The molecule has 2 atom stereocenters. The number of nitrogens with zero attached hydrogens (tertiary/aromatic N) is 2. The SMILES string of the molecule is CC(=O)N1C[C@H]2CC(c3ccc(CCCOc4ccc(Cl)cc4Cl)cc3)=C(C(=O)N(C)CCc3ccccc3)[C@@H](C1)N2. The molecule has 3 aromatic rings. The van der Waals surface area contributed by atoms with Crippen LogP contribution in [0.1, 0.15) is 36.5 Å². The van der Waals surface area contributed by atoms with Gasteiger partial charge in [-0.25, -0.2) is 0 Å². The molecule has 220 valence electrons. The van der Waals surface area contributed by atoms with Crippen molar-refractivity contribution in [3.8, 4) is 5.75 Å². The van der Waals surface area contributed by atoms with E-state index < -0.39 is 0 Å². The van der Waals surface area contributed by atoms with Crippen molar-refractivity contribution in [2.75, 3.05) is 33.3 Å². The van der Waals surface area contributed by atoms with Crippen LogP contribution in [-0.4, -0.2) is 67.0 Å². The number of amides is 2. The van der Waals surface area contributed by atoms with Gasteiger partial charge in [0.25, 0.3) is 5.91 Å². The molecule has 2 aliphatic heterocycles. The Kier molecular flexibility index (Phi) is 9.88. The molecule has 1 fully saturated rings. The lowest BCUT2D eigenvalue weighted by Gasteiger charge is -2.44. The van der Waals surface area contributed by atoms with Gasteiger partial charge in [0, 0.05) is 50.2 Å². The molecule has 0 radical (unpaired) electrons. The monoisotopic (exact) mass is 605 g/mol. The van der Waals surface area contributed by atoms with Crippen molar-refractivity contribution in [2.24, 2.45) is 0 Å². The van der Waals surface area contributed by atoms with Crippen LogP contribution < -0.4 is 10.1 Å². The van der Waals surface area contributed by atoms with Crippen LogP contribution in [0.4, 0.5) is 0 Å². The summed E-state index contributed by atoms with van der Waals surface area (Å²) in [5.41, 5.74) is 5.32. The number of hydrogen-bond donors (Lipinski definition) is 1. The van der Waals surface area contributed by atoms with Crippen LogP contribution in [0.5, 0.6) is 5.75 Å². The van der Waals surface area contributed by atoms with E-state index in [1.165, 1.54) is 11.1 Å². The molecule has 0 unspecified atom stereocenters. The van der Waals surface area contributed by atoms with Gasteiger partial charge in [0.2, 0.25) is 5.91 Å². The lowest BCUT2D eigenvalue weighted by atomic mass is 9.82. The number of fused-ring (bicyclic) bond motifs is 2. The van der Waals surface area contributed by atoms with Crippen molar-refractivity contribution in [1.82, 2.24) is 15.1 Å². The van der Waals surface area contributed by atoms with Gasteiger partial charge in [-0.2, -0.15) is 0 Å². The van der Waals surface area contributed by atoms with Crippen molar-refractivity contribution < 1.29 is 14.3 Å². The Morgan fingerprint density at radius 2 is 1.71 bits per heavy atom. The lowest BCUT2D eigenvalue weighted by Crippen LogP contribution is -2.61. The average Bonchev–Trinajstić information content (AvgIpc) is 2.99. The molecule has 0 spiro atoms. The molecule has 1 N–H and O–H groups in total. The number of carbonyl (C=O) groups excluding carboxylic acids is 2. The van der Waals surface area contributed by atoms with Crippen LogP contribution in [0.25, 0.3) is 5.57 Å². The molecular weight excluding hydrogens is 569 g/mol. The highest BCUT2D eigenvalue weighted by atomic mass is 35.5. The Bertz CT molecular complexity index is 1440. The van der Waals surface area contributed by atoms with Crippen molar-refractivity contribution in [2.45, 2.75) is 44.7 Å². The number of hydrogen-bond acceptors (Lipinski definition) is 4. The normalized spacial score (nSPS) is 18.1. The maximum atomic E-state index is 14.0. The molecule has 6 nitrogen and oxygen atoms in total. The molecule has 42 heavy (non-hydrogen) atoms.